The Labute approximate surface area is 414 Å². The van der Waals surface area contributed by atoms with Crippen molar-refractivity contribution in [2.24, 2.45) is 0 Å². The van der Waals surface area contributed by atoms with Gasteiger partial charge in [-0.1, -0.05) is 190 Å². The molecule has 0 saturated carbocycles. The van der Waals surface area contributed by atoms with E-state index in [-0.39, 0.29) is 43.3 Å². The third kappa shape index (κ3) is 11.9. The Kier molecular flexibility index (Phi) is 14.6. The smallest absolute Gasteiger partial charge is 0.426 e. The van der Waals surface area contributed by atoms with Crippen LogP contribution in [0.5, 0.6) is 11.5 Å². The zero-order valence-electron chi connectivity index (χ0n) is 46.8. The molecule has 0 spiro atoms. The lowest BCUT2D eigenvalue weighted by molar-refractivity contribution is 0.239. The highest BCUT2D eigenvalue weighted by Crippen LogP contribution is 2.56. The number of fused-ring (bicyclic) bond motifs is 3. The van der Waals surface area contributed by atoms with Crippen molar-refractivity contribution in [3.63, 3.8) is 0 Å². The fourth-order valence-corrected chi connectivity index (χ4v) is 10.8. The Balaban J connectivity index is 1.88. The van der Waals surface area contributed by atoms with Crippen LogP contribution in [0.2, 0.25) is 0 Å². The van der Waals surface area contributed by atoms with E-state index in [9.17, 15) is 0 Å². The number of hydrogen-bond acceptors (Lipinski definition) is 6. The van der Waals surface area contributed by atoms with E-state index in [1.54, 1.807) is 0 Å². The Hall–Kier alpha value is -3.27. The zero-order chi connectivity index (χ0) is 51.1. The summed E-state index contributed by atoms with van der Waals surface area (Å²) in [7, 11) is -3.80. The molecule has 1 saturated heterocycles. The van der Waals surface area contributed by atoms with E-state index in [2.05, 4.69) is 215 Å². The summed E-state index contributed by atoms with van der Waals surface area (Å²) in [5, 5.41) is 2.08. The first-order valence-corrected chi connectivity index (χ1v) is 27.3. The topological polar surface area (TPSA) is 63.2 Å². The zero-order valence-corrected chi connectivity index (χ0v) is 48.6. The first-order valence-electron chi connectivity index (χ1n) is 25.1. The van der Waals surface area contributed by atoms with Gasteiger partial charge in [0, 0.05) is 44.2 Å². The van der Waals surface area contributed by atoms with E-state index in [1.807, 2.05) is 0 Å². The number of hydrogen-bond donors (Lipinski definition) is 0. The molecule has 0 atom stereocenters. The normalized spacial score (nSPS) is 15.5. The summed E-state index contributed by atoms with van der Waals surface area (Å²) < 4.78 is 42.5. The summed E-state index contributed by atoms with van der Waals surface area (Å²) in [5.41, 5.74) is 11.0. The average Bonchev–Trinajstić information content (AvgIpc) is 3.51. The van der Waals surface area contributed by atoms with Crippen LogP contribution in [0.25, 0.3) is 33.1 Å². The Bertz CT molecular complexity index is 2600. The van der Waals surface area contributed by atoms with Gasteiger partial charge in [-0.2, -0.15) is 0 Å². The van der Waals surface area contributed by atoms with Crippen molar-refractivity contribution in [2.75, 3.05) is 13.2 Å². The largest absolute Gasteiger partial charge is 0.453 e. The molecule has 68 heavy (non-hydrogen) atoms. The Morgan fingerprint density at radius 3 is 0.956 bits per heavy atom. The minimum atomic E-state index is -2.13. The van der Waals surface area contributed by atoms with Crippen LogP contribution in [0.1, 0.15) is 224 Å². The molecule has 1 aliphatic rings. The van der Waals surface area contributed by atoms with Gasteiger partial charge in [0.1, 0.15) is 22.7 Å². The summed E-state index contributed by atoms with van der Waals surface area (Å²) in [6.45, 7) is 55.9. The second-order valence-corrected chi connectivity index (χ2v) is 29.9. The second-order valence-electron chi connectivity index (χ2n) is 27.8. The van der Waals surface area contributed by atoms with Crippen LogP contribution in [-0.4, -0.2) is 13.2 Å². The SMILES string of the molecule is CC(C)(C)c1cc(-c2cc(C(C)(C)C)cc(C(C)(C)C)c2Op2oc3c(C(C)(C)C)cc(C(C)(C)C)cc3c3cc(C(C)(C)C)cc(C(C)(C)C)c3o2)c(OP2OCCCCO2)c(C(C)(C)C)c1. The minimum absolute atomic E-state index is 0.120. The maximum absolute atomic E-state index is 7.71. The van der Waals surface area contributed by atoms with Gasteiger partial charge >= 0.3 is 16.8 Å². The van der Waals surface area contributed by atoms with Gasteiger partial charge in [-0.15, -0.1) is 0 Å². The van der Waals surface area contributed by atoms with Gasteiger partial charge in [-0.3, -0.25) is 0 Å². The van der Waals surface area contributed by atoms with Crippen molar-refractivity contribution in [2.45, 2.75) is 222 Å². The third-order valence-corrected chi connectivity index (χ3v) is 15.3. The molecule has 5 aromatic rings. The van der Waals surface area contributed by atoms with Crippen LogP contribution >= 0.6 is 16.8 Å². The number of benzene rings is 4. The second kappa shape index (κ2) is 18.4. The lowest BCUT2D eigenvalue weighted by Crippen LogP contribution is -2.20. The molecular weight excluding hydrogens is 879 g/mol. The highest BCUT2D eigenvalue weighted by atomic mass is 31.2. The van der Waals surface area contributed by atoms with Crippen LogP contribution < -0.4 is 9.05 Å². The van der Waals surface area contributed by atoms with Gasteiger partial charge in [0.05, 0.1) is 13.2 Å². The molecule has 0 aliphatic carbocycles. The van der Waals surface area contributed by atoms with E-state index >= 15 is 0 Å². The molecule has 8 heteroatoms. The highest BCUT2D eigenvalue weighted by Gasteiger charge is 2.36. The van der Waals surface area contributed by atoms with Crippen molar-refractivity contribution in [3.05, 3.63) is 93.0 Å². The standard InChI is InChI=1S/C60H88O6P2/c1-53(2,3)37-29-41(49(45(33-37)57(13,14)15)63-67-61-27-25-26-28-62-67)42-30-38(54(4,5)6)34-46(58(16,17)18)50(42)64-68-65-51-43(31-39(55(7,8)9)35-47(51)59(19,20)21)44-32-40(56(10,11)12)36-48(52(44)66-68)60(22,23)24/h29-36H,25-28H2,1-24H3. The van der Waals surface area contributed by atoms with Crippen LogP contribution in [0.15, 0.2) is 56.9 Å². The van der Waals surface area contributed by atoms with E-state index in [0.717, 1.165) is 79.7 Å². The molecule has 1 fully saturated rings. The Morgan fingerprint density at radius 2 is 0.647 bits per heavy atom. The first-order chi connectivity index (χ1) is 30.8. The summed E-state index contributed by atoms with van der Waals surface area (Å²) in [6.07, 6.45) is 1.87. The van der Waals surface area contributed by atoms with Gasteiger partial charge in [-0.05, 0) is 103 Å². The average molecular weight is 967 g/mol. The lowest BCUT2D eigenvalue weighted by Gasteiger charge is -2.32. The van der Waals surface area contributed by atoms with Crippen LogP contribution in [0, 0.1) is 0 Å². The molecule has 6 nitrogen and oxygen atoms in total. The summed E-state index contributed by atoms with van der Waals surface area (Å²) >= 11 is 0. The van der Waals surface area contributed by atoms with Crippen molar-refractivity contribution >= 4 is 38.8 Å². The summed E-state index contributed by atoms with van der Waals surface area (Å²) in [4.78, 5) is 0. The first kappa shape index (κ1) is 54.1. The summed E-state index contributed by atoms with van der Waals surface area (Å²) in [5.74, 6) is 1.48. The van der Waals surface area contributed by atoms with Crippen LogP contribution in [-0.2, 0) is 52.4 Å². The highest BCUT2D eigenvalue weighted by molar-refractivity contribution is 7.42. The molecule has 0 amide bonds. The molecule has 374 valence electrons. The fraction of sp³-hybridized carbons (Fsp3) is 0.600. The van der Waals surface area contributed by atoms with Crippen LogP contribution in [0.4, 0.5) is 0 Å². The molecule has 0 radical (unpaired) electrons. The molecule has 0 N–H and O–H groups in total. The molecular formula is C60H88O6P2. The molecule has 6 rings (SSSR count). The van der Waals surface area contributed by atoms with Gasteiger partial charge in [0.25, 0.3) is 0 Å². The summed E-state index contributed by atoms with van der Waals surface area (Å²) in [6, 6.07) is 18.7. The monoisotopic (exact) mass is 967 g/mol. The molecule has 0 bridgehead atoms. The molecule has 1 aromatic heterocycles. The van der Waals surface area contributed by atoms with E-state index in [0.29, 0.717) is 13.2 Å². The van der Waals surface area contributed by atoms with Crippen LogP contribution in [0.3, 0.4) is 0 Å². The molecule has 2 heterocycles. The maximum atomic E-state index is 7.71. The molecule has 0 unspecified atom stereocenters. The predicted octanol–water partition coefficient (Wildman–Crippen LogP) is 19.6. The third-order valence-electron chi connectivity index (χ3n) is 13.2. The fourth-order valence-electron chi connectivity index (χ4n) is 8.60. The van der Waals surface area contributed by atoms with Crippen molar-refractivity contribution in [1.82, 2.24) is 0 Å². The lowest BCUT2D eigenvalue weighted by atomic mass is 9.75. The molecule has 4 aromatic carbocycles. The number of rotatable bonds is 5. The van der Waals surface area contributed by atoms with Gasteiger partial charge in [0.15, 0.2) is 0 Å². The molecule has 1 aliphatic heterocycles. The van der Waals surface area contributed by atoms with E-state index in [1.165, 1.54) is 22.3 Å². The maximum Gasteiger partial charge on any atom is 0.453 e. The van der Waals surface area contributed by atoms with E-state index < -0.39 is 16.8 Å². The van der Waals surface area contributed by atoms with Gasteiger partial charge in [-0.25, -0.2) is 0 Å². The van der Waals surface area contributed by atoms with Gasteiger partial charge in [0.2, 0.25) is 0 Å². The van der Waals surface area contributed by atoms with Gasteiger partial charge < -0.3 is 26.5 Å². The van der Waals surface area contributed by atoms with E-state index in [4.69, 9.17) is 26.5 Å². The van der Waals surface area contributed by atoms with Crippen molar-refractivity contribution in [1.29, 1.82) is 0 Å². The van der Waals surface area contributed by atoms with Crippen molar-refractivity contribution in [3.8, 4) is 22.6 Å². The Morgan fingerprint density at radius 1 is 0.353 bits per heavy atom. The van der Waals surface area contributed by atoms with Crippen molar-refractivity contribution < 1.29 is 26.5 Å². The minimum Gasteiger partial charge on any atom is -0.426 e. The quantitative estimate of drug-likeness (QED) is 0.164. The predicted molar refractivity (Wildman–Crippen MR) is 293 cm³/mol.